The van der Waals surface area contributed by atoms with Gasteiger partial charge in [0.05, 0.1) is 12.1 Å². The molecule has 4 heteroatoms. The van der Waals surface area contributed by atoms with E-state index in [1.165, 1.54) is 16.7 Å². The number of hydrogen-bond donors (Lipinski definition) is 1. The largest absolute Gasteiger partial charge is 0.481 e. The van der Waals surface area contributed by atoms with Gasteiger partial charge in [0, 0.05) is 18.3 Å². The molecule has 1 N–H and O–H groups in total. The summed E-state index contributed by atoms with van der Waals surface area (Å²) in [5.41, 5.74) is 6.31. The number of hydrogen-bond acceptors (Lipinski definition) is 2. The number of aliphatic carboxylic acids is 1. The Balaban J connectivity index is 2.48. The Hall–Kier alpha value is -2.10. The first-order chi connectivity index (χ1) is 8.90. The van der Waals surface area contributed by atoms with Crippen molar-refractivity contribution in [3.05, 3.63) is 40.6 Å². The van der Waals surface area contributed by atoms with E-state index in [0.29, 0.717) is 5.69 Å². The molecule has 1 aromatic heterocycles. The number of aromatic nitrogens is 2. The van der Waals surface area contributed by atoms with Crippen molar-refractivity contribution in [3.8, 4) is 11.3 Å². The van der Waals surface area contributed by atoms with Crippen LogP contribution < -0.4 is 0 Å². The van der Waals surface area contributed by atoms with Crippen molar-refractivity contribution >= 4 is 5.97 Å². The van der Waals surface area contributed by atoms with Crippen molar-refractivity contribution in [1.29, 1.82) is 0 Å². The molecule has 0 saturated heterocycles. The third-order valence-corrected chi connectivity index (χ3v) is 3.64. The normalized spacial score (nSPS) is 10.7. The van der Waals surface area contributed by atoms with Crippen LogP contribution in [0.2, 0.25) is 0 Å². The Morgan fingerprint density at radius 1 is 1.26 bits per heavy atom. The number of nitrogens with zero attached hydrogens (tertiary/aromatic N) is 2. The second-order valence-corrected chi connectivity index (χ2v) is 4.90. The Kier molecular flexibility index (Phi) is 3.42. The fourth-order valence-electron chi connectivity index (χ4n) is 2.19. The summed E-state index contributed by atoms with van der Waals surface area (Å²) < 4.78 is 1.64. The molecule has 0 aliphatic heterocycles. The average Bonchev–Trinajstić information content (AvgIpc) is 2.67. The molecule has 0 bridgehead atoms. The lowest BCUT2D eigenvalue weighted by Crippen LogP contribution is -2.05. The second kappa shape index (κ2) is 4.88. The Bertz CT molecular complexity index is 642. The van der Waals surface area contributed by atoms with Crippen molar-refractivity contribution in [1.82, 2.24) is 9.78 Å². The van der Waals surface area contributed by atoms with Gasteiger partial charge in [-0.1, -0.05) is 12.1 Å². The number of carbonyl (C=O) groups is 1. The van der Waals surface area contributed by atoms with Gasteiger partial charge < -0.3 is 5.11 Å². The quantitative estimate of drug-likeness (QED) is 0.920. The van der Waals surface area contributed by atoms with Crippen LogP contribution in [0.4, 0.5) is 0 Å². The van der Waals surface area contributed by atoms with Gasteiger partial charge in [-0.25, -0.2) is 0 Å². The van der Waals surface area contributed by atoms with Crippen LogP contribution in [0.25, 0.3) is 11.3 Å². The van der Waals surface area contributed by atoms with Gasteiger partial charge in [0.25, 0.3) is 0 Å². The van der Waals surface area contributed by atoms with E-state index in [-0.39, 0.29) is 6.42 Å². The Morgan fingerprint density at radius 3 is 2.58 bits per heavy atom. The maximum Gasteiger partial charge on any atom is 0.309 e. The predicted molar refractivity (Wildman–Crippen MR) is 74.2 cm³/mol. The molecular formula is C15H18N2O2. The van der Waals surface area contributed by atoms with Crippen LogP contribution in [0.3, 0.4) is 0 Å². The van der Waals surface area contributed by atoms with Gasteiger partial charge in [0.1, 0.15) is 0 Å². The Labute approximate surface area is 112 Å². The first-order valence-electron chi connectivity index (χ1n) is 6.22. The summed E-state index contributed by atoms with van der Waals surface area (Å²) in [6.07, 6.45) is -0.00656. The molecule has 2 aromatic rings. The number of carboxylic acids is 1. The Morgan fingerprint density at radius 2 is 1.95 bits per heavy atom. The maximum atomic E-state index is 10.8. The van der Waals surface area contributed by atoms with E-state index < -0.39 is 5.97 Å². The van der Waals surface area contributed by atoms with Crippen molar-refractivity contribution in [2.45, 2.75) is 27.2 Å². The minimum absolute atomic E-state index is 0.00656. The topological polar surface area (TPSA) is 55.1 Å². The van der Waals surface area contributed by atoms with Crippen molar-refractivity contribution in [2.24, 2.45) is 7.05 Å². The lowest BCUT2D eigenvalue weighted by atomic mass is 9.97. The zero-order chi connectivity index (χ0) is 14.2. The fraction of sp³-hybridized carbons (Fsp3) is 0.333. The number of rotatable bonds is 3. The zero-order valence-electron chi connectivity index (χ0n) is 11.7. The highest BCUT2D eigenvalue weighted by atomic mass is 16.4. The van der Waals surface area contributed by atoms with Gasteiger partial charge in [0.2, 0.25) is 0 Å². The molecule has 0 saturated carbocycles. The SMILES string of the molecule is Cc1ccc(-c2cc(CC(=O)O)n(C)n2)c(C)c1C. The summed E-state index contributed by atoms with van der Waals surface area (Å²) in [7, 11) is 1.78. The van der Waals surface area contributed by atoms with E-state index in [9.17, 15) is 4.79 Å². The first kappa shape index (κ1) is 13.3. The third-order valence-electron chi connectivity index (χ3n) is 3.64. The smallest absolute Gasteiger partial charge is 0.309 e. The molecule has 0 atom stereocenters. The minimum Gasteiger partial charge on any atom is -0.481 e. The first-order valence-corrected chi connectivity index (χ1v) is 6.22. The molecule has 0 radical (unpaired) electrons. The van der Waals surface area contributed by atoms with Crippen molar-refractivity contribution in [3.63, 3.8) is 0 Å². The summed E-state index contributed by atoms with van der Waals surface area (Å²) in [6.45, 7) is 6.25. The van der Waals surface area contributed by atoms with E-state index in [4.69, 9.17) is 5.11 Å². The van der Waals surface area contributed by atoms with E-state index in [1.54, 1.807) is 11.7 Å². The highest BCUT2D eigenvalue weighted by Gasteiger charge is 2.13. The molecule has 0 unspecified atom stereocenters. The van der Waals surface area contributed by atoms with Crippen LogP contribution in [0.15, 0.2) is 18.2 Å². The summed E-state index contributed by atoms with van der Waals surface area (Å²) in [5.74, 6) is -0.841. The van der Waals surface area contributed by atoms with Gasteiger partial charge >= 0.3 is 5.97 Å². The highest BCUT2D eigenvalue weighted by Crippen LogP contribution is 2.27. The predicted octanol–water partition coefficient (Wildman–Crippen LogP) is 2.64. The number of aryl methyl sites for hydroxylation is 2. The van der Waals surface area contributed by atoms with Crippen molar-refractivity contribution in [2.75, 3.05) is 0 Å². The van der Waals surface area contributed by atoms with E-state index in [1.807, 2.05) is 12.1 Å². The van der Waals surface area contributed by atoms with Crippen LogP contribution in [-0.2, 0) is 18.3 Å². The van der Waals surface area contributed by atoms with Crippen LogP contribution >= 0.6 is 0 Å². The van der Waals surface area contributed by atoms with Gasteiger partial charge in [0.15, 0.2) is 0 Å². The molecule has 0 spiro atoms. The van der Waals surface area contributed by atoms with Crippen LogP contribution in [0.1, 0.15) is 22.4 Å². The van der Waals surface area contributed by atoms with Gasteiger partial charge in [-0.3, -0.25) is 9.48 Å². The standard InChI is InChI=1S/C15H18N2O2/c1-9-5-6-13(11(3)10(9)2)14-7-12(8-15(18)19)17(4)16-14/h5-7H,8H2,1-4H3,(H,18,19). The fourth-order valence-corrected chi connectivity index (χ4v) is 2.19. The molecule has 1 heterocycles. The van der Waals surface area contributed by atoms with Gasteiger partial charge in [-0.2, -0.15) is 5.10 Å². The van der Waals surface area contributed by atoms with E-state index in [2.05, 4.69) is 31.9 Å². The van der Waals surface area contributed by atoms with Gasteiger partial charge in [-0.15, -0.1) is 0 Å². The number of benzene rings is 1. The molecule has 0 amide bonds. The summed E-state index contributed by atoms with van der Waals surface area (Å²) >= 11 is 0. The molecule has 4 nitrogen and oxygen atoms in total. The molecule has 0 aliphatic carbocycles. The molecular weight excluding hydrogens is 240 g/mol. The molecule has 0 aliphatic rings. The summed E-state index contributed by atoms with van der Waals surface area (Å²) in [5, 5.41) is 13.3. The van der Waals surface area contributed by atoms with Crippen LogP contribution in [-0.4, -0.2) is 20.9 Å². The van der Waals surface area contributed by atoms with E-state index in [0.717, 1.165) is 11.3 Å². The second-order valence-electron chi connectivity index (χ2n) is 4.90. The van der Waals surface area contributed by atoms with Crippen molar-refractivity contribution < 1.29 is 9.90 Å². The number of carboxylic acid groups (broad SMARTS) is 1. The zero-order valence-corrected chi connectivity index (χ0v) is 11.7. The molecule has 1 aromatic carbocycles. The maximum absolute atomic E-state index is 10.8. The summed E-state index contributed by atoms with van der Waals surface area (Å²) in [6, 6.07) is 5.97. The monoisotopic (exact) mass is 258 g/mol. The van der Waals surface area contributed by atoms with Gasteiger partial charge in [-0.05, 0) is 43.5 Å². The molecule has 0 fully saturated rings. The average molecular weight is 258 g/mol. The van der Waals surface area contributed by atoms with Crippen LogP contribution in [0, 0.1) is 20.8 Å². The molecule has 2 rings (SSSR count). The minimum atomic E-state index is -0.841. The third kappa shape index (κ3) is 2.52. The lowest BCUT2D eigenvalue weighted by molar-refractivity contribution is -0.136. The highest BCUT2D eigenvalue weighted by molar-refractivity contribution is 5.71. The van der Waals surface area contributed by atoms with Crippen LogP contribution in [0.5, 0.6) is 0 Å². The summed E-state index contributed by atoms with van der Waals surface area (Å²) in [4.78, 5) is 10.8. The lowest BCUT2D eigenvalue weighted by Gasteiger charge is -2.08. The molecule has 19 heavy (non-hydrogen) atoms. The van der Waals surface area contributed by atoms with E-state index >= 15 is 0 Å². The molecule has 100 valence electrons.